The molecule has 0 unspecified atom stereocenters. The van der Waals surface area contributed by atoms with Crippen molar-refractivity contribution < 1.29 is 5.11 Å². The standard InChI is InChI=1S/C17H22N2O/c1-12-6-8-16(2,3)10-18-14(12)15-13(20)7-9-17(4,5)11-19-15/h6-11,20H,1-5H3. The number of hydrogen-bond acceptors (Lipinski definition) is 3. The average Bonchev–Trinajstić information content (AvgIpc) is 2.56. The fourth-order valence-corrected chi connectivity index (χ4v) is 1.94. The quantitative estimate of drug-likeness (QED) is 0.755. The van der Waals surface area contributed by atoms with Crippen LogP contribution in [0.1, 0.15) is 34.6 Å². The molecule has 2 aliphatic rings. The summed E-state index contributed by atoms with van der Waals surface area (Å²) in [6.45, 7) is 10.3. The Kier molecular flexibility index (Phi) is 3.55. The summed E-state index contributed by atoms with van der Waals surface area (Å²) >= 11 is 0. The van der Waals surface area contributed by atoms with E-state index >= 15 is 0 Å². The molecule has 0 aromatic heterocycles. The van der Waals surface area contributed by atoms with Gasteiger partial charge in [-0.1, -0.05) is 45.9 Å². The monoisotopic (exact) mass is 270 g/mol. The van der Waals surface area contributed by atoms with E-state index in [9.17, 15) is 5.11 Å². The van der Waals surface area contributed by atoms with Gasteiger partial charge in [0.2, 0.25) is 0 Å². The molecule has 106 valence electrons. The van der Waals surface area contributed by atoms with Crippen molar-refractivity contribution >= 4 is 12.4 Å². The molecular weight excluding hydrogens is 248 g/mol. The van der Waals surface area contributed by atoms with Gasteiger partial charge in [-0.25, -0.2) is 0 Å². The topological polar surface area (TPSA) is 45.0 Å². The highest BCUT2D eigenvalue weighted by Gasteiger charge is 2.20. The van der Waals surface area contributed by atoms with Gasteiger partial charge in [0.05, 0.1) is 5.70 Å². The van der Waals surface area contributed by atoms with Crippen molar-refractivity contribution in [2.75, 3.05) is 0 Å². The maximum Gasteiger partial charge on any atom is 0.143 e. The first-order valence-corrected chi connectivity index (χ1v) is 6.84. The van der Waals surface area contributed by atoms with E-state index in [1.807, 2.05) is 45.4 Å². The number of aliphatic imine (C=N–C) groups is 2. The summed E-state index contributed by atoms with van der Waals surface area (Å²) in [4.78, 5) is 9.00. The summed E-state index contributed by atoms with van der Waals surface area (Å²) < 4.78 is 0. The molecule has 0 saturated carbocycles. The predicted octanol–water partition coefficient (Wildman–Crippen LogP) is 4.36. The van der Waals surface area contributed by atoms with Gasteiger partial charge in [0.15, 0.2) is 0 Å². The number of aliphatic hydroxyl groups excluding tert-OH is 1. The average molecular weight is 270 g/mol. The van der Waals surface area contributed by atoms with Crippen molar-refractivity contribution in [2.24, 2.45) is 20.8 Å². The Morgan fingerprint density at radius 1 is 0.850 bits per heavy atom. The number of rotatable bonds is 1. The van der Waals surface area contributed by atoms with Crippen LogP contribution in [0.4, 0.5) is 0 Å². The molecule has 0 aliphatic carbocycles. The number of hydrogen-bond donors (Lipinski definition) is 1. The molecule has 0 radical (unpaired) electrons. The fraction of sp³-hybridized carbons (Fsp3) is 0.412. The lowest BCUT2D eigenvalue weighted by molar-refractivity contribution is 0.425. The summed E-state index contributed by atoms with van der Waals surface area (Å²) in [5.41, 5.74) is 1.99. The van der Waals surface area contributed by atoms with Crippen LogP contribution < -0.4 is 0 Å². The van der Waals surface area contributed by atoms with E-state index in [-0.39, 0.29) is 16.6 Å². The highest BCUT2D eigenvalue weighted by atomic mass is 16.3. The van der Waals surface area contributed by atoms with Gasteiger partial charge in [0, 0.05) is 23.3 Å². The molecule has 3 heteroatoms. The van der Waals surface area contributed by atoms with Crippen LogP contribution in [-0.2, 0) is 0 Å². The highest BCUT2D eigenvalue weighted by molar-refractivity contribution is 5.74. The lowest BCUT2D eigenvalue weighted by Crippen LogP contribution is -2.08. The molecule has 0 spiro atoms. The Bertz CT molecular complexity index is 542. The Morgan fingerprint density at radius 2 is 1.35 bits per heavy atom. The van der Waals surface area contributed by atoms with Crippen molar-refractivity contribution in [3.63, 3.8) is 0 Å². The molecule has 2 rings (SSSR count). The van der Waals surface area contributed by atoms with E-state index < -0.39 is 0 Å². The highest BCUT2D eigenvalue weighted by Crippen LogP contribution is 2.30. The molecule has 0 bridgehead atoms. The zero-order chi connectivity index (χ0) is 15.0. The van der Waals surface area contributed by atoms with Gasteiger partial charge in [-0.2, -0.15) is 0 Å². The van der Waals surface area contributed by atoms with Crippen LogP contribution in [0.15, 0.2) is 57.0 Å². The van der Waals surface area contributed by atoms with E-state index in [0.717, 1.165) is 11.3 Å². The Labute approximate surface area is 120 Å². The second-order valence-corrected chi connectivity index (χ2v) is 6.59. The minimum absolute atomic E-state index is 0.0945. The largest absolute Gasteiger partial charge is 0.506 e. The van der Waals surface area contributed by atoms with Crippen LogP contribution in [-0.4, -0.2) is 17.5 Å². The van der Waals surface area contributed by atoms with Gasteiger partial charge in [-0.05, 0) is 18.6 Å². The van der Waals surface area contributed by atoms with E-state index in [1.165, 1.54) is 0 Å². The molecule has 0 saturated heterocycles. The second kappa shape index (κ2) is 4.89. The first kappa shape index (κ1) is 14.5. The molecule has 0 aromatic rings. The van der Waals surface area contributed by atoms with E-state index in [4.69, 9.17) is 0 Å². The molecule has 2 aliphatic heterocycles. The number of aliphatic hydroxyl groups is 1. The van der Waals surface area contributed by atoms with E-state index in [1.54, 1.807) is 6.08 Å². The van der Waals surface area contributed by atoms with Gasteiger partial charge < -0.3 is 5.11 Å². The molecule has 0 amide bonds. The summed E-state index contributed by atoms with van der Waals surface area (Å²) in [6, 6.07) is 0. The zero-order valence-corrected chi connectivity index (χ0v) is 12.8. The molecule has 2 heterocycles. The van der Waals surface area contributed by atoms with Crippen LogP contribution in [0.3, 0.4) is 0 Å². The van der Waals surface area contributed by atoms with Crippen LogP contribution in [0.5, 0.6) is 0 Å². The number of nitrogens with zero attached hydrogens (tertiary/aromatic N) is 2. The summed E-state index contributed by atoms with van der Waals surface area (Å²) in [7, 11) is 0. The second-order valence-electron chi connectivity index (χ2n) is 6.59. The third-order valence-corrected chi connectivity index (χ3v) is 3.33. The molecule has 0 atom stereocenters. The van der Waals surface area contributed by atoms with Crippen LogP contribution in [0.2, 0.25) is 0 Å². The summed E-state index contributed by atoms with van der Waals surface area (Å²) in [6.07, 6.45) is 11.5. The molecule has 3 nitrogen and oxygen atoms in total. The molecule has 20 heavy (non-hydrogen) atoms. The van der Waals surface area contributed by atoms with Gasteiger partial charge in [-0.15, -0.1) is 0 Å². The van der Waals surface area contributed by atoms with Crippen molar-refractivity contribution in [1.82, 2.24) is 0 Å². The van der Waals surface area contributed by atoms with Crippen molar-refractivity contribution in [3.05, 3.63) is 47.0 Å². The Balaban J connectivity index is 2.51. The number of allylic oxidation sites excluding steroid dienone is 5. The third-order valence-electron chi connectivity index (χ3n) is 3.33. The normalized spacial score (nSPS) is 24.1. The molecular formula is C17H22N2O. The SMILES string of the molecule is CC1=C(C2=C(O)C=CC(C)(C)C=N2)N=CC(C)(C)C=C1. The Hall–Kier alpha value is -1.90. The lowest BCUT2D eigenvalue weighted by Gasteiger charge is -2.12. The predicted molar refractivity (Wildman–Crippen MR) is 85.2 cm³/mol. The van der Waals surface area contributed by atoms with Gasteiger partial charge in [0.1, 0.15) is 11.5 Å². The van der Waals surface area contributed by atoms with Crippen LogP contribution in [0, 0.1) is 10.8 Å². The smallest absolute Gasteiger partial charge is 0.143 e. The van der Waals surface area contributed by atoms with Crippen molar-refractivity contribution in [1.29, 1.82) is 0 Å². The van der Waals surface area contributed by atoms with Gasteiger partial charge in [-0.3, -0.25) is 9.98 Å². The fourth-order valence-electron chi connectivity index (χ4n) is 1.94. The van der Waals surface area contributed by atoms with Gasteiger partial charge >= 0.3 is 0 Å². The first-order chi connectivity index (χ1) is 9.20. The van der Waals surface area contributed by atoms with E-state index in [2.05, 4.69) is 29.9 Å². The minimum Gasteiger partial charge on any atom is -0.506 e. The van der Waals surface area contributed by atoms with E-state index in [0.29, 0.717) is 5.70 Å². The first-order valence-electron chi connectivity index (χ1n) is 6.84. The minimum atomic E-state index is -0.173. The maximum atomic E-state index is 10.2. The maximum absolute atomic E-state index is 10.2. The summed E-state index contributed by atoms with van der Waals surface area (Å²) in [5.74, 6) is 0.159. The lowest BCUT2D eigenvalue weighted by atomic mass is 9.95. The summed E-state index contributed by atoms with van der Waals surface area (Å²) in [5, 5.41) is 10.2. The molecule has 0 fully saturated rings. The van der Waals surface area contributed by atoms with Crippen LogP contribution in [0.25, 0.3) is 0 Å². The van der Waals surface area contributed by atoms with Crippen molar-refractivity contribution in [2.45, 2.75) is 34.6 Å². The van der Waals surface area contributed by atoms with Crippen LogP contribution >= 0.6 is 0 Å². The molecule has 1 N–H and O–H groups in total. The zero-order valence-electron chi connectivity index (χ0n) is 12.8. The molecule has 0 aromatic carbocycles. The third kappa shape index (κ3) is 3.16. The van der Waals surface area contributed by atoms with Crippen molar-refractivity contribution in [3.8, 4) is 0 Å². The Morgan fingerprint density at radius 3 is 1.95 bits per heavy atom. The van der Waals surface area contributed by atoms with Gasteiger partial charge in [0.25, 0.3) is 0 Å².